The summed E-state index contributed by atoms with van der Waals surface area (Å²) >= 11 is 0. The Morgan fingerprint density at radius 2 is 1.16 bits per heavy atom. The highest BCUT2D eigenvalue weighted by Crippen LogP contribution is 2.24. The van der Waals surface area contributed by atoms with Crippen molar-refractivity contribution >= 4 is 0 Å². The van der Waals surface area contributed by atoms with E-state index in [0.717, 1.165) is 22.3 Å². The van der Waals surface area contributed by atoms with Gasteiger partial charge in [-0.1, -0.05) is 60.7 Å². The van der Waals surface area contributed by atoms with Gasteiger partial charge in [-0.25, -0.2) is 15.0 Å². The van der Waals surface area contributed by atoms with Crippen LogP contribution in [-0.2, 0) is 0 Å². The molecule has 0 saturated heterocycles. The SMILES string of the molecule is Cc1nc(-c2ccccc2)nc(-c2ccc(-c3cccnc3)cc2)n1. The lowest BCUT2D eigenvalue weighted by molar-refractivity contribution is 0.992. The molecule has 4 nitrogen and oxygen atoms in total. The van der Waals surface area contributed by atoms with Crippen LogP contribution in [0.5, 0.6) is 0 Å². The number of hydrogen-bond donors (Lipinski definition) is 0. The maximum atomic E-state index is 4.64. The largest absolute Gasteiger partial charge is 0.264 e. The van der Waals surface area contributed by atoms with Crippen molar-refractivity contribution in [3.63, 3.8) is 0 Å². The molecule has 0 N–H and O–H groups in total. The lowest BCUT2D eigenvalue weighted by Gasteiger charge is -2.07. The molecule has 0 aliphatic heterocycles. The van der Waals surface area contributed by atoms with E-state index >= 15 is 0 Å². The predicted molar refractivity (Wildman–Crippen MR) is 98.7 cm³/mol. The molecule has 0 amide bonds. The second-order valence-corrected chi connectivity index (χ2v) is 5.71. The van der Waals surface area contributed by atoms with Gasteiger partial charge in [-0.3, -0.25) is 4.98 Å². The van der Waals surface area contributed by atoms with Gasteiger partial charge >= 0.3 is 0 Å². The van der Waals surface area contributed by atoms with Crippen molar-refractivity contribution < 1.29 is 0 Å². The molecule has 0 unspecified atom stereocenters. The molecule has 25 heavy (non-hydrogen) atoms. The lowest BCUT2D eigenvalue weighted by Crippen LogP contribution is -1.99. The number of hydrogen-bond acceptors (Lipinski definition) is 4. The van der Waals surface area contributed by atoms with Gasteiger partial charge in [-0.2, -0.15) is 0 Å². The molecule has 2 aromatic heterocycles. The number of aryl methyl sites for hydroxylation is 1. The Kier molecular flexibility index (Phi) is 4.01. The second kappa shape index (κ2) is 6.61. The summed E-state index contributed by atoms with van der Waals surface area (Å²) in [7, 11) is 0. The van der Waals surface area contributed by atoms with E-state index in [2.05, 4.69) is 32.1 Å². The van der Waals surface area contributed by atoms with Crippen LogP contribution >= 0.6 is 0 Å². The number of pyridine rings is 1. The average molecular weight is 324 g/mol. The highest BCUT2D eigenvalue weighted by atomic mass is 15.0. The van der Waals surface area contributed by atoms with Crippen molar-refractivity contribution in [2.45, 2.75) is 6.92 Å². The number of nitrogens with zero attached hydrogens (tertiary/aromatic N) is 4. The van der Waals surface area contributed by atoms with Crippen molar-refractivity contribution in [1.82, 2.24) is 19.9 Å². The Bertz CT molecular complexity index is 981. The fourth-order valence-corrected chi connectivity index (χ4v) is 2.67. The highest BCUT2D eigenvalue weighted by Gasteiger charge is 2.08. The van der Waals surface area contributed by atoms with E-state index in [4.69, 9.17) is 0 Å². The van der Waals surface area contributed by atoms with Crippen LogP contribution in [0.2, 0.25) is 0 Å². The first-order valence-corrected chi connectivity index (χ1v) is 8.08. The van der Waals surface area contributed by atoms with Crippen LogP contribution in [0.1, 0.15) is 5.82 Å². The van der Waals surface area contributed by atoms with Crippen LogP contribution < -0.4 is 0 Å². The predicted octanol–water partition coefficient (Wildman–Crippen LogP) is 4.58. The number of benzene rings is 2. The van der Waals surface area contributed by atoms with Gasteiger partial charge in [0.25, 0.3) is 0 Å². The molecule has 0 fully saturated rings. The van der Waals surface area contributed by atoms with Crippen LogP contribution in [0, 0.1) is 6.92 Å². The van der Waals surface area contributed by atoms with Gasteiger partial charge in [0.15, 0.2) is 11.6 Å². The molecule has 120 valence electrons. The van der Waals surface area contributed by atoms with Gasteiger partial charge in [0.2, 0.25) is 0 Å². The topological polar surface area (TPSA) is 51.6 Å². The summed E-state index contributed by atoms with van der Waals surface area (Å²) in [5, 5.41) is 0. The average Bonchev–Trinajstić information content (AvgIpc) is 2.69. The van der Waals surface area contributed by atoms with Gasteiger partial charge in [-0.05, 0) is 24.1 Å². The highest BCUT2D eigenvalue weighted by molar-refractivity contribution is 5.67. The molecular weight excluding hydrogens is 308 g/mol. The molecule has 0 aliphatic carbocycles. The van der Waals surface area contributed by atoms with Crippen LogP contribution in [0.3, 0.4) is 0 Å². The van der Waals surface area contributed by atoms with Crippen molar-refractivity contribution in [2.75, 3.05) is 0 Å². The monoisotopic (exact) mass is 324 g/mol. The van der Waals surface area contributed by atoms with Gasteiger partial charge in [-0.15, -0.1) is 0 Å². The van der Waals surface area contributed by atoms with Gasteiger partial charge in [0, 0.05) is 23.5 Å². The van der Waals surface area contributed by atoms with E-state index in [0.29, 0.717) is 17.5 Å². The van der Waals surface area contributed by atoms with E-state index in [1.165, 1.54) is 0 Å². The molecule has 2 aromatic carbocycles. The third kappa shape index (κ3) is 3.28. The summed E-state index contributed by atoms with van der Waals surface area (Å²) in [6.45, 7) is 1.89. The summed E-state index contributed by atoms with van der Waals surface area (Å²) in [5.41, 5.74) is 4.16. The second-order valence-electron chi connectivity index (χ2n) is 5.71. The Balaban J connectivity index is 1.71. The molecule has 0 saturated carbocycles. The Hall–Kier alpha value is -3.40. The molecule has 4 rings (SSSR count). The molecule has 0 bridgehead atoms. The normalized spacial score (nSPS) is 10.6. The van der Waals surface area contributed by atoms with E-state index in [1.54, 1.807) is 6.20 Å². The van der Waals surface area contributed by atoms with Crippen LogP contribution in [0.25, 0.3) is 33.9 Å². The number of rotatable bonds is 3. The summed E-state index contributed by atoms with van der Waals surface area (Å²) < 4.78 is 0. The third-order valence-electron chi connectivity index (χ3n) is 3.92. The zero-order valence-electron chi connectivity index (χ0n) is 13.8. The first-order valence-electron chi connectivity index (χ1n) is 8.08. The molecule has 4 aromatic rings. The Labute approximate surface area is 146 Å². The smallest absolute Gasteiger partial charge is 0.163 e. The van der Waals surface area contributed by atoms with Crippen LogP contribution in [0.4, 0.5) is 0 Å². The third-order valence-corrected chi connectivity index (χ3v) is 3.92. The van der Waals surface area contributed by atoms with E-state index in [1.807, 2.05) is 67.7 Å². The molecule has 0 radical (unpaired) electrons. The van der Waals surface area contributed by atoms with E-state index in [9.17, 15) is 0 Å². The molecule has 2 heterocycles. The standard InChI is InChI=1S/C21H16N4/c1-15-23-20(17-6-3-2-4-7-17)25-21(24-15)18-11-9-16(10-12-18)19-8-5-13-22-14-19/h2-14H,1H3. The summed E-state index contributed by atoms with van der Waals surface area (Å²) in [4.78, 5) is 17.8. The molecule has 0 atom stereocenters. The first kappa shape index (κ1) is 15.1. The first-order chi connectivity index (χ1) is 12.3. The quantitative estimate of drug-likeness (QED) is 0.553. The van der Waals surface area contributed by atoms with Gasteiger partial charge in [0.1, 0.15) is 5.82 Å². The Morgan fingerprint density at radius 1 is 0.560 bits per heavy atom. The zero-order valence-corrected chi connectivity index (χ0v) is 13.8. The molecular formula is C21H16N4. The summed E-state index contributed by atoms with van der Waals surface area (Å²) in [6.07, 6.45) is 3.63. The van der Waals surface area contributed by atoms with Gasteiger partial charge < -0.3 is 0 Å². The fourth-order valence-electron chi connectivity index (χ4n) is 2.67. The van der Waals surface area contributed by atoms with Crippen LogP contribution in [-0.4, -0.2) is 19.9 Å². The van der Waals surface area contributed by atoms with Gasteiger partial charge in [0.05, 0.1) is 0 Å². The van der Waals surface area contributed by atoms with Crippen LogP contribution in [0.15, 0.2) is 79.1 Å². The maximum absolute atomic E-state index is 4.64. The number of aromatic nitrogens is 4. The van der Waals surface area contributed by atoms with Crippen molar-refractivity contribution in [1.29, 1.82) is 0 Å². The van der Waals surface area contributed by atoms with Crippen molar-refractivity contribution in [2.24, 2.45) is 0 Å². The zero-order chi connectivity index (χ0) is 17.1. The summed E-state index contributed by atoms with van der Waals surface area (Å²) in [6, 6.07) is 22.1. The van der Waals surface area contributed by atoms with Crippen molar-refractivity contribution in [3.05, 3.63) is 84.9 Å². The maximum Gasteiger partial charge on any atom is 0.163 e. The van der Waals surface area contributed by atoms with E-state index in [-0.39, 0.29) is 0 Å². The Morgan fingerprint density at radius 3 is 1.80 bits per heavy atom. The summed E-state index contributed by atoms with van der Waals surface area (Å²) in [5.74, 6) is 2.09. The molecule has 0 spiro atoms. The molecule has 0 aliphatic rings. The molecule has 4 heteroatoms. The van der Waals surface area contributed by atoms with E-state index < -0.39 is 0 Å². The fraction of sp³-hybridized carbons (Fsp3) is 0.0476. The minimum Gasteiger partial charge on any atom is -0.264 e. The van der Waals surface area contributed by atoms with Crippen molar-refractivity contribution in [3.8, 4) is 33.9 Å². The lowest BCUT2D eigenvalue weighted by atomic mass is 10.1. The minimum absolute atomic E-state index is 0.684. The minimum atomic E-state index is 0.684.